The normalized spacial score (nSPS) is 13.4. The molecule has 0 radical (unpaired) electrons. The Bertz CT molecular complexity index is 972. The molecule has 0 unspecified atom stereocenters. The van der Waals surface area contributed by atoms with Gasteiger partial charge in [-0.15, -0.1) is 0 Å². The van der Waals surface area contributed by atoms with Crippen molar-refractivity contribution in [3.63, 3.8) is 0 Å². The number of thioether (sulfide) groups is 1. The van der Waals surface area contributed by atoms with Gasteiger partial charge in [0, 0.05) is 16.8 Å². The number of hydrogen-bond donors (Lipinski definition) is 1. The third kappa shape index (κ3) is 4.48. The molecule has 0 saturated heterocycles. The zero-order chi connectivity index (χ0) is 19.2. The number of nitrogens with one attached hydrogen (secondary N) is 1. The van der Waals surface area contributed by atoms with Crippen LogP contribution in [0.5, 0.6) is 0 Å². The number of rotatable bonds is 6. The van der Waals surface area contributed by atoms with Crippen molar-refractivity contribution in [2.75, 3.05) is 5.75 Å². The molecule has 0 atom stereocenters. The number of amides is 1. The number of furan rings is 1. The van der Waals surface area contributed by atoms with Crippen molar-refractivity contribution >= 4 is 23.9 Å². The average Bonchev–Trinajstić information content (AvgIpc) is 3.26. The molecule has 0 aliphatic heterocycles. The van der Waals surface area contributed by atoms with Crippen LogP contribution in [0, 0.1) is 0 Å². The summed E-state index contributed by atoms with van der Waals surface area (Å²) in [5.74, 6) is 1.37. The lowest BCUT2D eigenvalue weighted by Gasteiger charge is -2.18. The number of aromatic nitrogens is 2. The molecule has 1 amide bonds. The van der Waals surface area contributed by atoms with Gasteiger partial charge in [0.25, 0.3) is 0 Å². The van der Waals surface area contributed by atoms with Crippen molar-refractivity contribution in [2.24, 2.45) is 5.10 Å². The molecule has 1 N–H and O–H groups in total. The van der Waals surface area contributed by atoms with Gasteiger partial charge in [-0.3, -0.25) is 4.79 Å². The van der Waals surface area contributed by atoms with Gasteiger partial charge in [0.05, 0.1) is 18.2 Å². The molecule has 6 nitrogen and oxygen atoms in total. The van der Waals surface area contributed by atoms with Gasteiger partial charge in [0.15, 0.2) is 5.82 Å². The first-order valence-electron chi connectivity index (χ1n) is 9.23. The number of carbonyl (C=O) groups excluding carboxylic acids is 1. The Morgan fingerprint density at radius 1 is 1.14 bits per heavy atom. The van der Waals surface area contributed by atoms with Crippen LogP contribution < -0.4 is 5.43 Å². The van der Waals surface area contributed by atoms with E-state index in [1.165, 1.54) is 23.5 Å². The molecule has 28 heavy (non-hydrogen) atoms. The van der Waals surface area contributed by atoms with E-state index < -0.39 is 0 Å². The molecule has 142 valence electrons. The second-order valence-corrected chi connectivity index (χ2v) is 7.41. The molecule has 0 saturated carbocycles. The fourth-order valence-electron chi connectivity index (χ4n) is 3.09. The first-order valence-corrected chi connectivity index (χ1v) is 10.2. The van der Waals surface area contributed by atoms with Crippen molar-refractivity contribution in [1.29, 1.82) is 0 Å². The highest BCUT2D eigenvalue weighted by molar-refractivity contribution is 7.99. The SMILES string of the molecule is O=C(CSc1nc(-c2ccccc2)nc2c1CCCC2)N/N=C/c1ccco1. The summed E-state index contributed by atoms with van der Waals surface area (Å²) in [6, 6.07) is 13.5. The molecule has 0 spiro atoms. The minimum atomic E-state index is -0.183. The van der Waals surface area contributed by atoms with Crippen LogP contribution in [0.1, 0.15) is 29.9 Å². The van der Waals surface area contributed by atoms with Gasteiger partial charge in [-0.2, -0.15) is 5.10 Å². The fourth-order valence-corrected chi connectivity index (χ4v) is 3.97. The summed E-state index contributed by atoms with van der Waals surface area (Å²) in [6.07, 6.45) is 7.23. The Hall–Kier alpha value is -2.93. The van der Waals surface area contributed by atoms with Crippen LogP contribution in [0.25, 0.3) is 11.4 Å². The Balaban J connectivity index is 1.47. The van der Waals surface area contributed by atoms with Gasteiger partial charge >= 0.3 is 0 Å². The van der Waals surface area contributed by atoms with E-state index in [1.807, 2.05) is 30.3 Å². The van der Waals surface area contributed by atoms with Gasteiger partial charge in [0.1, 0.15) is 10.8 Å². The topological polar surface area (TPSA) is 80.4 Å². The first kappa shape index (κ1) is 18.4. The Kier molecular flexibility index (Phi) is 5.82. The molecular formula is C21H20N4O2S. The minimum absolute atomic E-state index is 0.183. The standard InChI is InChI=1S/C21H20N4O2S/c26-19(25-22-13-16-9-6-12-27-16)14-28-21-17-10-4-5-11-18(17)23-20(24-21)15-7-2-1-3-8-15/h1-3,6-9,12-13H,4-5,10-11,14H2,(H,25,26)/b22-13+. The number of hydrogen-bond acceptors (Lipinski definition) is 6. The van der Waals surface area contributed by atoms with Crippen LogP contribution >= 0.6 is 11.8 Å². The molecule has 4 rings (SSSR count). The van der Waals surface area contributed by atoms with Gasteiger partial charge < -0.3 is 4.42 Å². The maximum atomic E-state index is 12.1. The molecule has 1 aliphatic rings. The molecule has 0 fully saturated rings. The highest BCUT2D eigenvalue weighted by Gasteiger charge is 2.19. The zero-order valence-corrected chi connectivity index (χ0v) is 16.1. The van der Waals surface area contributed by atoms with E-state index in [-0.39, 0.29) is 11.7 Å². The van der Waals surface area contributed by atoms with Crippen molar-refractivity contribution in [3.05, 3.63) is 65.7 Å². The quantitative estimate of drug-likeness (QED) is 0.298. The van der Waals surface area contributed by atoms with E-state index in [9.17, 15) is 4.79 Å². The van der Waals surface area contributed by atoms with Crippen molar-refractivity contribution < 1.29 is 9.21 Å². The van der Waals surface area contributed by atoms with E-state index in [2.05, 4.69) is 10.5 Å². The second kappa shape index (κ2) is 8.84. The third-order valence-corrected chi connectivity index (χ3v) is 5.46. The number of carbonyl (C=O) groups is 1. The summed E-state index contributed by atoms with van der Waals surface area (Å²) in [6.45, 7) is 0. The molecule has 3 aromatic rings. The highest BCUT2D eigenvalue weighted by Crippen LogP contribution is 2.31. The maximum Gasteiger partial charge on any atom is 0.250 e. The van der Waals surface area contributed by atoms with Gasteiger partial charge in [-0.25, -0.2) is 15.4 Å². The smallest absolute Gasteiger partial charge is 0.250 e. The first-order chi connectivity index (χ1) is 13.8. The molecule has 7 heteroatoms. The molecule has 2 aromatic heterocycles. The number of nitrogens with zero attached hydrogens (tertiary/aromatic N) is 3. The van der Waals surface area contributed by atoms with Crippen LogP contribution in [-0.4, -0.2) is 27.8 Å². The highest BCUT2D eigenvalue weighted by atomic mass is 32.2. The Morgan fingerprint density at radius 2 is 2.00 bits per heavy atom. The predicted molar refractivity (Wildman–Crippen MR) is 109 cm³/mol. The predicted octanol–water partition coefficient (Wildman–Crippen LogP) is 3.86. The van der Waals surface area contributed by atoms with Crippen LogP contribution in [-0.2, 0) is 17.6 Å². The van der Waals surface area contributed by atoms with Crippen LogP contribution in [0.3, 0.4) is 0 Å². The van der Waals surface area contributed by atoms with Gasteiger partial charge in [-0.1, -0.05) is 42.1 Å². The number of hydrazone groups is 1. The van der Waals surface area contributed by atoms with E-state index in [0.717, 1.165) is 47.8 Å². The molecule has 1 aromatic carbocycles. The van der Waals surface area contributed by atoms with Crippen molar-refractivity contribution in [2.45, 2.75) is 30.7 Å². The summed E-state index contributed by atoms with van der Waals surface area (Å²) in [4.78, 5) is 21.7. The summed E-state index contributed by atoms with van der Waals surface area (Å²) in [7, 11) is 0. The molecule has 1 aliphatic carbocycles. The zero-order valence-electron chi connectivity index (χ0n) is 15.3. The molecule has 2 heterocycles. The second-order valence-electron chi connectivity index (χ2n) is 6.45. The lowest BCUT2D eigenvalue weighted by atomic mass is 9.97. The van der Waals surface area contributed by atoms with Gasteiger partial charge in [-0.05, 0) is 37.8 Å². The Labute approximate surface area is 167 Å². The lowest BCUT2D eigenvalue weighted by molar-refractivity contribution is -0.118. The number of benzene rings is 1. The Morgan fingerprint density at radius 3 is 2.82 bits per heavy atom. The van der Waals surface area contributed by atoms with Crippen LogP contribution in [0.15, 0.2) is 63.3 Å². The molecular weight excluding hydrogens is 372 g/mol. The van der Waals surface area contributed by atoms with Gasteiger partial charge in [0.2, 0.25) is 5.91 Å². The maximum absolute atomic E-state index is 12.1. The van der Waals surface area contributed by atoms with Crippen LogP contribution in [0.2, 0.25) is 0 Å². The van der Waals surface area contributed by atoms with Crippen molar-refractivity contribution in [3.8, 4) is 11.4 Å². The number of aryl methyl sites for hydroxylation is 1. The fraction of sp³-hybridized carbons (Fsp3) is 0.238. The average molecular weight is 392 g/mol. The minimum Gasteiger partial charge on any atom is -0.463 e. The summed E-state index contributed by atoms with van der Waals surface area (Å²) in [5.41, 5.74) is 5.81. The monoisotopic (exact) mass is 392 g/mol. The van der Waals surface area contributed by atoms with E-state index in [4.69, 9.17) is 14.4 Å². The lowest BCUT2D eigenvalue weighted by Crippen LogP contribution is -2.20. The third-order valence-electron chi connectivity index (χ3n) is 4.44. The summed E-state index contributed by atoms with van der Waals surface area (Å²) in [5, 5.41) is 4.81. The van der Waals surface area contributed by atoms with E-state index in [1.54, 1.807) is 18.4 Å². The summed E-state index contributed by atoms with van der Waals surface area (Å²) < 4.78 is 5.14. The largest absolute Gasteiger partial charge is 0.463 e. The van der Waals surface area contributed by atoms with Crippen molar-refractivity contribution in [1.82, 2.24) is 15.4 Å². The molecule has 0 bridgehead atoms. The van der Waals surface area contributed by atoms with Crippen LogP contribution in [0.4, 0.5) is 0 Å². The summed E-state index contributed by atoms with van der Waals surface area (Å²) >= 11 is 1.44. The van der Waals surface area contributed by atoms with E-state index >= 15 is 0 Å². The van der Waals surface area contributed by atoms with E-state index in [0.29, 0.717) is 5.76 Å². The number of fused-ring (bicyclic) bond motifs is 1.